The van der Waals surface area contributed by atoms with Crippen molar-refractivity contribution in [1.82, 2.24) is 4.90 Å². The zero-order chi connectivity index (χ0) is 20.4. The van der Waals surface area contributed by atoms with Crippen molar-refractivity contribution >= 4 is 0 Å². The minimum atomic E-state index is -0.678. The van der Waals surface area contributed by atoms with Gasteiger partial charge in [-0.2, -0.15) is 0 Å². The molecule has 0 radical (unpaired) electrons. The van der Waals surface area contributed by atoms with Gasteiger partial charge in [0.05, 0.1) is 19.8 Å². The molecule has 4 rings (SSSR count). The Bertz CT molecular complexity index is 858. The summed E-state index contributed by atoms with van der Waals surface area (Å²) in [6.07, 6.45) is 4.66. The molecule has 2 aromatic carbocycles. The van der Waals surface area contributed by atoms with Crippen molar-refractivity contribution in [2.45, 2.75) is 50.3 Å². The third-order valence-electron chi connectivity index (χ3n) is 6.76. The average Bonchev–Trinajstić information content (AvgIpc) is 2.74. The normalized spacial score (nSPS) is 27.3. The van der Waals surface area contributed by atoms with Crippen LogP contribution >= 0.6 is 0 Å². The zero-order valence-corrected chi connectivity index (χ0v) is 17.2. The summed E-state index contributed by atoms with van der Waals surface area (Å²) in [7, 11) is 3.32. The molecule has 5 heteroatoms. The number of aliphatic hydroxyl groups is 1. The highest BCUT2D eigenvalue weighted by Gasteiger charge is 2.49. The molecule has 1 saturated heterocycles. The number of halogens is 1. The fraction of sp³-hybridized carbons (Fsp3) is 0.500. The topological polar surface area (TPSA) is 41.9 Å². The van der Waals surface area contributed by atoms with Gasteiger partial charge in [0.15, 0.2) is 0 Å². The first-order valence-electron chi connectivity index (χ1n) is 10.5. The second kappa shape index (κ2) is 8.33. The van der Waals surface area contributed by atoms with Gasteiger partial charge in [0, 0.05) is 36.2 Å². The lowest BCUT2D eigenvalue weighted by molar-refractivity contribution is -0.126. The predicted octanol–water partition coefficient (Wildman–Crippen LogP) is 4.71. The molecule has 1 saturated carbocycles. The fourth-order valence-corrected chi connectivity index (χ4v) is 5.25. The first kappa shape index (κ1) is 20.2. The van der Waals surface area contributed by atoms with Gasteiger partial charge in [-0.25, -0.2) is 4.39 Å². The maximum atomic E-state index is 14.4. The van der Waals surface area contributed by atoms with Crippen LogP contribution in [0, 0.1) is 11.7 Å². The van der Waals surface area contributed by atoms with E-state index in [1.54, 1.807) is 20.3 Å². The lowest BCUT2D eigenvalue weighted by Crippen LogP contribution is -2.54. The van der Waals surface area contributed by atoms with Gasteiger partial charge in [0.1, 0.15) is 17.3 Å². The molecule has 0 spiro atoms. The van der Waals surface area contributed by atoms with Crippen molar-refractivity contribution < 1.29 is 19.0 Å². The Labute approximate surface area is 172 Å². The molecule has 4 nitrogen and oxygen atoms in total. The van der Waals surface area contributed by atoms with Crippen LogP contribution in [0.2, 0.25) is 0 Å². The van der Waals surface area contributed by atoms with Crippen molar-refractivity contribution in [3.63, 3.8) is 0 Å². The highest BCUT2D eigenvalue weighted by Crippen LogP contribution is 2.51. The lowest BCUT2D eigenvalue weighted by atomic mass is 9.66. The largest absolute Gasteiger partial charge is 0.497 e. The van der Waals surface area contributed by atoms with Crippen molar-refractivity contribution in [3.8, 4) is 11.5 Å². The van der Waals surface area contributed by atoms with Gasteiger partial charge in [-0.15, -0.1) is 0 Å². The van der Waals surface area contributed by atoms with Crippen LogP contribution in [-0.4, -0.2) is 36.4 Å². The molecule has 1 aliphatic carbocycles. The number of ether oxygens (including phenoxy) is 2. The maximum absolute atomic E-state index is 14.4. The summed E-state index contributed by atoms with van der Waals surface area (Å²) < 4.78 is 25.6. The van der Waals surface area contributed by atoms with Crippen molar-refractivity contribution in [2.24, 2.45) is 5.92 Å². The number of piperidine rings is 1. The van der Waals surface area contributed by atoms with Crippen LogP contribution in [-0.2, 0) is 6.54 Å². The molecule has 1 aliphatic heterocycles. The van der Waals surface area contributed by atoms with Gasteiger partial charge in [-0.3, -0.25) is 4.90 Å². The van der Waals surface area contributed by atoms with Crippen LogP contribution in [0.4, 0.5) is 4.39 Å². The highest BCUT2D eigenvalue weighted by molar-refractivity contribution is 5.43. The summed E-state index contributed by atoms with van der Waals surface area (Å²) >= 11 is 0. The van der Waals surface area contributed by atoms with Gasteiger partial charge >= 0.3 is 0 Å². The molecule has 3 atom stereocenters. The molecule has 156 valence electrons. The molecule has 29 heavy (non-hydrogen) atoms. The third-order valence-corrected chi connectivity index (χ3v) is 6.76. The van der Waals surface area contributed by atoms with E-state index in [1.807, 2.05) is 30.3 Å². The number of hydrogen-bond donors (Lipinski definition) is 1. The van der Waals surface area contributed by atoms with E-state index >= 15 is 0 Å². The number of nitrogens with zero attached hydrogens (tertiary/aromatic N) is 1. The molecule has 1 N–H and O–H groups in total. The molecule has 1 heterocycles. The number of likely N-dealkylation sites (tertiary alicyclic amines) is 1. The van der Waals surface area contributed by atoms with E-state index in [-0.39, 0.29) is 17.8 Å². The molecule has 0 unspecified atom stereocenters. The standard InChI is InChI=1S/C24H30FNO3/c1-28-18-10-11-22(29-2)19(15-18)23-20-8-5-6-12-24(20,27)13-14-26(23)16-17-7-3-4-9-21(17)25/h3-4,7,9-11,15,20,23,27H,5-6,8,12-14,16H2,1-2H3/t20-,23+,24+/m1/s1. The van der Waals surface area contributed by atoms with Gasteiger partial charge in [-0.05, 0) is 43.5 Å². The number of benzene rings is 2. The maximum Gasteiger partial charge on any atom is 0.127 e. The SMILES string of the molecule is COc1ccc(OC)c([C@H]2[C@H]3CCCC[C@]3(O)CCN2Cc2ccccc2F)c1. The Kier molecular flexibility index (Phi) is 5.79. The monoisotopic (exact) mass is 399 g/mol. The Morgan fingerprint density at radius 2 is 1.93 bits per heavy atom. The van der Waals surface area contributed by atoms with Gasteiger partial charge in [0.2, 0.25) is 0 Å². The second-order valence-electron chi connectivity index (χ2n) is 8.32. The first-order chi connectivity index (χ1) is 14.1. The molecular formula is C24H30FNO3. The summed E-state index contributed by atoms with van der Waals surface area (Å²) in [5, 5.41) is 11.5. The van der Waals surface area contributed by atoms with Crippen LogP contribution in [0.1, 0.15) is 49.3 Å². The zero-order valence-electron chi connectivity index (χ0n) is 17.2. The van der Waals surface area contributed by atoms with E-state index in [1.165, 1.54) is 6.07 Å². The van der Waals surface area contributed by atoms with E-state index in [0.717, 1.165) is 49.2 Å². The van der Waals surface area contributed by atoms with Gasteiger partial charge in [-0.1, -0.05) is 31.0 Å². The smallest absolute Gasteiger partial charge is 0.127 e. The minimum absolute atomic E-state index is 0.0568. The van der Waals surface area contributed by atoms with Gasteiger partial charge < -0.3 is 14.6 Å². The summed E-state index contributed by atoms with van der Waals surface area (Å²) in [5.41, 5.74) is 1.01. The van der Waals surface area contributed by atoms with Crippen molar-refractivity contribution in [2.75, 3.05) is 20.8 Å². The Balaban J connectivity index is 1.78. The van der Waals surface area contributed by atoms with E-state index in [9.17, 15) is 9.50 Å². The van der Waals surface area contributed by atoms with Crippen LogP contribution in [0.15, 0.2) is 42.5 Å². The fourth-order valence-electron chi connectivity index (χ4n) is 5.25. The Morgan fingerprint density at radius 3 is 2.69 bits per heavy atom. The quantitative estimate of drug-likeness (QED) is 0.791. The van der Waals surface area contributed by atoms with E-state index in [0.29, 0.717) is 18.7 Å². The molecule has 0 aromatic heterocycles. The minimum Gasteiger partial charge on any atom is -0.497 e. The average molecular weight is 400 g/mol. The van der Waals surface area contributed by atoms with E-state index < -0.39 is 5.60 Å². The summed E-state index contributed by atoms with van der Waals surface area (Å²) in [6, 6.07) is 12.7. The van der Waals surface area contributed by atoms with Crippen LogP contribution in [0.25, 0.3) is 0 Å². The van der Waals surface area contributed by atoms with Crippen LogP contribution in [0.3, 0.4) is 0 Å². The molecule has 2 aromatic rings. The lowest BCUT2D eigenvalue weighted by Gasteiger charge is -2.53. The number of fused-ring (bicyclic) bond motifs is 1. The van der Waals surface area contributed by atoms with Crippen LogP contribution in [0.5, 0.6) is 11.5 Å². The molecule has 2 fully saturated rings. The first-order valence-corrected chi connectivity index (χ1v) is 10.5. The second-order valence-corrected chi connectivity index (χ2v) is 8.32. The number of rotatable bonds is 5. The van der Waals surface area contributed by atoms with E-state index in [2.05, 4.69) is 4.90 Å². The van der Waals surface area contributed by atoms with E-state index in [4.69, 9.17) is 9.47 Å². The Hall–Kier alpha value is -2.11. The predicted molar refractivity (Wildman–Crippen MR) is 111 cm³/mol. The molecular weight excluding hydrogens is 369 g/mol. The van der Waals surface area contributed by atoms with Crippen LogP contribution < -0.4 is 9.47 Å². The Morgan fingerprint density at radius 1 is 1.10 bits per heavy atom. The van der Waals surface area contributed by atoms with Crippen molar-refractivity contribution in [1.29, 1.82) is 0 Å². The highest BCUT2D eigenvalue weighted by atomic mass is 19.1. The number of hydrogen-bond acceptors (Lipinski definition) is 4. The third kappa shape index (κ3) is 3.86. The molecule has 0 amide bonds. The summed E-state index contributed by atoms with van der Waals surface area (Å²) in [4.78, 5) is 2.31. The summed E-state index contributed by atoms with van der Waals surface area (Å²) in [5.74, 6) is 1.44. The number of methoxy groups -OCH3 is 2. The molecule has 0 bridgehead atoms. The molecule has 2 aliphatic rings. The summed E-state index contributed by atoms with van der Waals surface area (Å²) in [6.45, 7) is 1.22. The van der Waals surface area contributed by atoms with Crippen molar-refractivity contribution in [3.05, 3.63) is 59.4 Å². The van der Waals surface area contributed by atoms with Gasteiger partial charge in [0.25, 0.3) is 0 Å².